The van der Waals surface area contributed by atoms with Crippen LogP contribution >= 0.6 is 0 Å². The number of ether oxygens (including phenoxy) is 1. The lowest BCUT2D eigenvalue weighted by Crippen LogP contribution is -2.35. The molecule has 10 heteroatoms. The first-order valence-corrected chi connectivity index (χ1v) is 9.32. The Kier molecular flexibility index (Phi) is 5.14. The van der Waals surface area contributed by atoms with E-state index in [1.165, 1.54) is 16.8 Å². The fraction of sp³-hybridized carbons (Fsp3) is 0.190. The number of nitrogens with one attached hydrogen (secondary N) is 2. The average Bonchev–Trinajstić information content (AvgIpc) is 3.05. The van der Waals surface area contributed by atoms with Crippen LogP contribution in [0.25, 0.3) is 11.3 Å². The van der Waals surface area contributed by atoms with Crippen LogP contribution in [0, 0.1) is 6.92 Å². The van der Waals surface area contributed by atoms with Crippen LogP contribution in [0.5, 0.6) is 5.75 Å². The van der Waals surface area contributed by atoms with Crippen LogP contribution in [-0.4, -0.2) is 28.0 Å². The Labute approximate surface area is 174 Å². The van der Waals surface area contributed by atoms with Crippen molar-refractivity contribution in [2.45, 2.75) is 25.7 Å². The third-order valence-corrected chi connectivity index (χ3v) is 4.78. The van der Waals surface area contributed by atoms with Gasteiger partial charge < -0.3 is 15.4 Å². The Morgan fingerprint density at radius 3 is 2.48 bits per heavy atom. The van der Waals surface area contributed by atoms with Gasteiger partial charge in [-0.15, -0.1) is 13.2 Å². The van der Waals surface area contributed by atoms with Crippen molar-refractivity contribution in [2.24, 2.45) is 0 Å². The second-order valence-corrected chi connectivity index (χ2v) is 6.96. The molecule has 31 heavy (non-hydrogen) atoms. The number of amides is 2. The van der Waals surface area contributed by atoms with E-state index in [-0.39, 0.29) is 18.0 Å². The summed E-state index contributed by atoms with van der Waals surface area (Å²) in [5, 5.41) is 9.92. The van der Waals surface area contributed by atoms with Crippen LogP contribution in [-0.2, 0) is 9.59 Å². The normalized spacial score (nSPS) is 15.7. The van der Waals surface area contributed by atoms with Crippen molar-refractivity contribution in [3.05, 3.63) is 60.2 Å². The van der Waals surface area contributed by atoms with Crippen molar-refractivity contribution >= 4 is 23.3 Å². The summed E-state index contributed by atoms with van der Waals surface area (Å²) in [7, 11) is 0. The van der Waals surface area contributed by atoms with E-state index in [0.29, 0.717) is 11.5 Å². The van der Waals surface area contributed by atoms with Gasteiger partial charge in [0.1, 0.15) is 17.6 Å². The number of anilines is 2. The van der Waals surface area contributed by atoms with Crippen molar-refractivity contribution in [3.8, 4) is 17.0 Å². The van der Waals surface area contributed by atoms with Crippen LogP contribution in [0.4, 0.5) is 24.7 Å². The van der Waals surface area contributed by atoms with E-state index in [9.17, 15) is 22.8 Å². The van der Waals surface area contributed by atoms with E-state index in [0.717, 1.165) is 23.3 Å². The van der Waals surface area contributed by atoms with Gasteiger partial charge in [0.05, 0.1) is 12.1 Å². The molecule has 3 aromatic rings. The van der Waals surface area contributed by atoms with Crippen molar-refractivity contribution in [3.63, 3.8) is 0 Å². The van der Waals surface area contributed by atoms with Gasteiger partial charge in [-0.25, -0.2) is 4.68 Å². The molecule has 0 saturated heterocycles. The first kappa shape index (κ1) is 20.5. The summed E-state index contributed by atoms with van der Waals surface area (Å²) < 4.78 is 42.2. The Morgan fingerprint density at radius 1 is 1.16 bits per heavy atom. The monoisotopic (exact) mass is 430 g/mol. The summed E-state index contributed by atoms with van der Waals surface area (Å²) in [5.74, 6) is -0.809. The summed E-state index contributed by atoms with van der Waals surface area (Å²) >= 11 is 0. The SMILES string of the molecule is Cc1c(-c2ccccc2)nn2c1NC(=O)C[C@H]2C(=O)Nc1ccc(OC(F)(F)F)cc1. The molecule has 160 valence electrons. The molecule has 2 aromatic carbocycles. The molecule has 0 spiro atoms. The molecule has 0 bridgehead atoms. The highest BCUT2D eigenvalue weighted by Gasteiger charge is 2.34. The fourth-order valence-electron chi connectivity index (χ4n) is 3.38. The zero-order chi connectivity index (χ0) is 22.2. The molecule has 4 rings (SSSR count). The summed E-state index contributed by atoms with van der Waals surface area (Å²) in [5.41, 5.74) is 2.48. The summed E-state index contributed by atoms with van der Waals surface area (Å²) in [6.45, 7) is 1.81. The molecule has 7 nitrogen and oxygen atoms in total. The number of aromatic nitrogens is 2. The minimum atomic E-state index is -4.80. The number of hydrogen-bond acceptors (Lipinski definition) is 4. The van der Waals surface area contributed by atoms with Gasteiger partial charge in [-0.05, 0) is 31.2 Å². The minimum Gasteiger partial charge on any atom is -0.406 e. The lowest BCUT2D eigenvalue weighted by Gasteiger charge is -2.24. The third kappa shape index (κ3) is 4.37. The maximum absolute atomic E-state index is 12.9. The Morgan fingerprint density at radius 2 is 1.84 bits per heavy atom. The highest BCUT2D eigenvalue weighted by atomic mass is 19.4. The lowest BCUT2D eigenvalue weighted by molar-refractivity contribution is -0.274. The molecule has 2 N–H and O–H groups in total. The smallest absolute Gasteiger partial charge is 0.406 e. The van der Waals surface area contributed by atoms with Crippen molar-refractivity contribution in [1.82, 2.24) is 9.78 Å². The predicted molar refractivity (Wildman–Crippen MR) is 106 cm³/mol. The number of hydrogen-bond donors (Lipinski definition) is 2. The van der Waals surface area contributed by atoms with Gasteiger partial charge in [0.15, 0.2) is 0 Å². The van der Waals surface area contributed by atoms with E-state index in [1.54, 1.807) is 6.92 Å². The molecule has 1 atom stereocenters. The molecule has 0 unspecified atom stereocenters. The number of halogens is 3. The topological polar surface area (TPSA) is 85.2 Å². The standard InChI is InChI=1S/C21H17F3N4O3/c1-12-18(13-5-3-2-4-6-13)27-28-16(11-17(29)26-19(12)28)20(30)25-14-7-9-15(10-8-14)31-21(22,23)24/h2-10,16H,11H2,1H3,(H,25,30)(H,26,29)/t16-/m0/s1. The van der Waals surface area contributed by atoms with Gasteiger partial charge in [0, 0.05) is 16.8 Å². The van der Waals surface area contributed by atoms with Gasteiger partial charge in [-0.1, -0.05) is 30.3 Å². The molecule has 1 aliphatic heterocycles. The number of rotatable bonds is 4. The van der Waals surface area contributed by atoms with Crippen LogP contribution in [0.15, 0.2) is 54.6 Å². The molecule has 0 radical (unpaired) electrons. The van der Waals surface area contributed by atoms with Gasteiger partial charge in [0.25, 0.3) is 0 Å². The Balaban J connectivity index is 1.58. The first-order valence-electron chi connectivity index (χ1n) is 9.32. The first-order chi connectivity index (χ1) is 14.7. The summed E-state index contributed by atoms with van der Waals surface area (Å²) in [6, 6.07) is 13.2. The van der Waals surface area contributed by atoms with E-state index in [4.69, 9.17) is 0 Å². The second kappa shape index (κ2) is 7.78. The molecule has 0 saturated carbocycles. The Hall–Kier alpha value is -3.82. The predicted octanol–water partition coefficient (Wildman–Crippen LogP) is 4.28. The van der Waals surface area contributed by atoms with Gasteiger partial charge in [-0.3, -0.25) is 9.59 Å². The van der Waals surface area contributed by atoms with E-state index in [2.05, 4.69) is 20.5 Å². The maximum Gasteiger partial charge on any atom is 0.573 e. The van der Waals surface area contributed by atoms with Crippen LogP contribution in [0.2, 0.25) is 0 Å². The number of nitrogens with zero attached hydrogens (tertiary/aromatic N) is 2. The maximum atomic E-state index is 12.9. The zero-order valence-corrected chi connectivity index (χ0v) is 16.2. The van der Waals surface area contributed by atoms with Gasteiger partial charge in [-0.2, -0.15) is 5.10 Å². The van der Waals surface area contributed by atoms with E-state index < -0.39 is 24.1 Å². The fourth-order valence-corrected chi connectivity index (χ4v) is 3.38. The molecule has 2 heterocycles. The van der Waals surface area contributed by atoms with Gasteiger partial charge >= 0.3 is 6.36 Å². The van der Waals surface area contributed by atoms with Crippen molar-refractivity contribution in [2.75, 3.05) is 10.6 Å². The summed E-state index contributed by atoms with van der Waals surface area (Å²) in [4.78, 5) is 25.1. The van der Waals surface area contributed by atoms with Crippen LogP contribution in [0.3, 0.4) is 0 Å². The average molecular weight is 430 g/mol. The second-order valence-electron chi connectivity index (χ2n) is 6.96. The number of benzene rings is 2. The zero-order valence-electron chi connectivity index (χ0n) is 16.2. The molecule has 1 aromatic heterocycles. The van der Waals surface area contributed by atoms with Crippen LogP contribution in [0.1, 0.15) is 18.0 Å². The Bertz CT molecular complexity index is 1130. The number of alkyl halides is 3. The minimum absolute atomic E-state index is 0.122. The van der Waals surface area contributed by atoms with Crippen LogP contribution < -0.4 is 15.4 Å². The third-order valence-electron chi connectivity index (χ3n) is 4.78. The van der Waals surface area contributed by atoms with Crippen molar-refractivity contribution < 1.29 is 27.5 Å². The molecular formula is C21H17F3N4O3. The van der Waals surface area contributed by atoms with E-state index >= 15 is 0 Å². The lowest BCUT2D eigenvalue weighted by atomic mass is 10.1. The number of fused-ring (bicyclic) bond motifs is 1. The number of carbonyl (C=O) groups is 2. The molecule has 0 aliphatic carbocycles. The quantitative estimate of drug-likeness (QED) is 0.647. The molecule has 1 aliphatic rings. The molecular weight excluding hydrogens is 413 g/mol. The van der Waals surface area contributed by atoms with Crippen molar-refractivity contribution in [1.29, 1.82) is 0 Å². The van der Waals surface area contributed by atoms with E-state index in [1.807, 2.05) is 30.3 Å². The molecule has 2 amide bonds. The summed E-state index contributed by atoms with van der Waals surface area (Å²) in [6.07, 6.45) is -4.92. The molecule has 0 fully saturated rings. The highest BCUT2D eigenvalue weighted by molar-refractivity contribution is 6.02. The van der Waals surface area contributed by atoms with Gasteiger partial charge in [0.2, 0.25) is 11.8 Å². The largest absolute Gasteiger partial charge is 0.573 e. The highest BCUT2D eigenvalue weighted by Crippen LogP contribution is 2.34. The number of carbonyl (C=O) groups excluding carboxylic acids is 2.